The van der Waals surface area contributed by atoms with Gasteiger partial charge < -0.3 is 14.4 Å². The summed E-state index contributed by atoms with van der Waals surface area (Å²) in [6.07, 6.45) is 3.37. The molecule has 0 saturated heterocycles. The van der Waals surface area contributed by atoms with Crippen molar-refractivity contribution in [1.82, 2.24) is 14.5 Å². The van der Waals surface area contributed by atoms with Crippen molar-refractivity contribution in [2.45, 2.75) is 45.3 Å². The van der Waals surface area contributed by atoms with Crippen molar-refractivity contribution in [2.24, 2.45) is 0 Å². The van der Waals surface area contributed by atoms with E-state index < -0.39 is 18.4 Å². The smallest absolute Gasteiger partial charge is 0.213 e. The average Bonchev–Trinajstić information content (AvgIpc) is 3.15. The highest BCUT2D eigenvalue weighted by Gasteiger charge is 2.22. The van der Waals surface area contributed by atoms with E-state index in [0.29, 0.717) is 23.8 Å². The van der Waals surface area contributed by atoms with E-state index in [0.717, 1.165) is 17.2 Å². The minimum atomic E-state index is -2.46. The van der Waals surface area contributed by atoms with Gasteiger partial charge in [0.1, 0.15) is 18.4 Å². The molecule has 0 atom stereocenters. The minimum absolute atomic E-state index is 0.0237. The van der Waals surface area contributed by atoms with Crippen molar-refractivity contribution >= 4 is 23.2 Å². The number of ether oxygens (including phenoxy) is 1. The third kappa shape index (κ3) is 6.92. The highest BCUT2D eigenvalue weighted by molar-refractivity contribution is 7.73. The maximum absolute atomic E-state index is 13.7. The van der Waals surface area contributed by atoms with Gasteiger partial charge in [-0.15, -0.1) is 0 Å². The Morgan fingerprint density at radius 3 is 2.35 bits per heavy atom. The lowest BCUT2D eigenvalue weighted by Crippen LogP contribution is -2.22. The van der Waals surface area contributed by atoms with Crippen molar-refractivity contribution in [3.8, 4) is 22.5 Å². The zero-order chi connectivity index (χ0) is 24.7. The Kier molecular flexibility index (Phi) is 8.89. The Hall–Kier alpha value is -2.66. The summed E-state index contributed by atoms with van der Waals surface area (Å²) in [5.74, 6) is 0.138. The summed E-state index contributed by atoms with van der Waals surface area (Å²) >= 11 is 0. The predicted molar refractivity (Wildman–Crippen MR) is 134 cm³/mol. The molecule has 2 heterocycles. The molecule has 0 radical (unpaired) electrons. The molecular weight excluding hydrogens is 473 g/mol. The van der Waals surface area contributed by atoms with Crippen LogP contribution in [-0.4, -0.2) is 54.2 Å². The first-order chi connectivity index (χ1) is 16.2. The van der Waals surface area contributed by atoms with Crippen molar-refractivity contribution < 1.29 is 22.7 Å². The topological polar surface area (TPSA) is 94.3 Å². The molecule has 7 nitrogen and oxygen atoms in total. The minimum Gasteiger partial charge on any atom is -0.396 e. The van der Waals surface area contributed by atoms with Crippen LogP contribution in [0.3, 0.4) is 0 Å². The van der Waals surface area contributed by atoms with Gasteiger partial charge in [0, 0.05) is 57.6 Å². The zero-order valence-corrected chi connectivity index (χ0v) is 21.5. The summed E-state index contributed by atoms with van der Waals surface area (Å²) in [4.78, 5) is 9.04. The maximum Gasteiger partial charge on any atom is 0.213 e. The molecule has 182 valence electrons. The van der Waals surface area contributed by atoms with Crippen LogP contribution in [0.2, 0.25) is 25.7 Å². The van der Waals surface area contributed by atoms with Crippen LogP contribution in [0.4, 0.5) is 4.39 Å². The molecule has 1 aromatic carbocycles. The lowest BCUT2D eigenvalue weighted by Gasteiger charge is -2.17. The van der Waals surface area contributed by atoms with Gasteiger partial charge in [0.15, 0.2) is 0 Å². The number of imidazole rings is 1. The van der Waals surface area contributed by atoms with Crippen LogP contribution in [0, 0.1) is 5.82 Å². The van der Waals surface area contributed by atoms with Gasteiger partial charge in [-0.2, -0.15) is 8.42 Å². The van der Waals surface area contributed by atoms with E-state index in [-0.39, 0.29) is 36.9 Å². The third-order valence-electron chi connectivity index (χ3n) is 5.32. The number of aromatic nitrogens is 3. The first-order valence-electron chi connectivity index (χ1n) is 11.1. The van der Waals surface area contributed by atoms with E-state index >= 15 is 0 Å². The molecule has 2 aromatic heterocycles. The molecule has 0 bridgehead atoms. The number of hydrogen-bond donors (Lipinski definition) is 1. The number of aliphatic hydroxyl groups is 1. The van der Waals surface area contributed by atoms with E-state index in [1.807, 2.05) is 16.7 Å². The van der Waals surface area contributed by atoms with E-state index in [1.165, 1.54) is 12.1 Å². The normalized spacial score (nSPS) is 11.6. The Morgan fingerprint density at radius 1 is 1.09 bits per heavy atom. The van der Waals surface area contributed by atoms with E-state index in [4.69, 9.17) is 9.72 Å². The fourth-order valence-corrected chi connectivity index (χ4v) is 4.71. The van der Waals surface area contributed by atoms with Crippen LogP contribution in [0.5, 0.6) is 0 Å². The summed E-state index contributed by atoms with van der Waals surface area (Å²) in [5.41, 5.74) is 2.85. The number of pyridine rings is 1. The first kappa shape index (κ1) is 26.0. The fraction of sp³-hybridized carbons (Fsp3) is 0.375. The molecule has 1 N–H and O–H groups in total. The molecule has 0 fully saturated rings. The number of aliphatic hydroxyl groups excluding tert-OH is 1. The van der Waals surface area contributed by atoms with Crippen LogP contribution < -0.4 is 0 Å². The van der Waals surface area contributed by atoms with Crippen LogP contribution in [0.25, 0.3) is 22.5 Å². The van der Waals surface area contributed by atoms with Crippen LogP contribution in [-0.2, 0) is 28.2 Å². The van der Waals surface area contributed by atoms with E-state index in [9.17, 15) is 17.9 Å². The number of halogens is 1. The molecule has 0 aliphatic heterocycles. The van der Waals surface area contributed by atoms with E-state index in [2.05, 4.69) is 24.6 Å². The second-order valence-electron chi connectivity index (χ2n) is 9.17. The van der Waals surface area contributed by atoms with Gasteiger partial charge in [0.25, 0.3) is 0 Å². The van der Waals surface area contributed by atoms with Gasteiger partial charge in [-0.25, -0.2) is 9.37 Å². The average molecular weight is 504 g/mol. The quantitative estimate of drug-likeness (QED) is 0.241. The van der Waals surface area contributed by atoms with Crippen LogP contribution in [0.15, 0.2) is 48.8 Å². The summed E-state index contributed by atoms with van der Waals surface area (Å²) < 4.78 is 45.1. The van der Waals surface area contributed by atoms with Gasteiger partial charge in [0.05, 0.1) is 16.3 Å². The molecule has 3 rings (SSSR count). The van der Waals surface area contributed by atoms with Crippen molar-refractivity contribution in [1.29, 1.82) is 0 Å². The van der Waals surface area contributed by atoms with Crippen molar-refractivity contribution in [3.05, 3.63) is 60.4 Å². The molecule has 0 amide bonds. The Bertz CT molecular complexity index is 1230. The summed E-state index contributed by atoms with van der Waals surface area (Å²) in [6, 6.07) is 10.7. The number of rotatable bonds is 11. The lowest BCUT2D eigenvalue weighted by molar-refractivity contribution is 0.0866. The largest absolute Gasteiger partial charge is 0.396 e. The SMILES string of the molecule is C[Si](C)(C)CCOCn1c(CC(CCO)=S(=O)=O)nc(-c2ccncc2)c1-c1ccc(F)cc1. The second kappa shape index (κ2) is 11.7. The van der Waals surface area contributed by atoms with Gasteiger partial charge in [0.2, 0.25) is 10.3 Å². The first-order valence-corrected chi connectivity index (χ1v) is 15.9. The molecule has 0 spiro atoms. The van der Waals surface area contributed by atoms with Gasteiger partial charge in [-0.3, -0.25) is 4.98 Å². The van der Waals surface area contributed by atoms with Gasteiger partial charge >= 0.3 is 0 Å². The lowest BCUT2D eigenvalue weighted by atomic mass is 10.1. The van der Waals surface area contributed by atoms with Crippen LogP contribution >= 0.6 is 0 Å². The molecule has 0 aliphatic carbocycles. The molecule has 0 aliphatic rings. The maximum atomic E-state index is 13.7. The summed E-state index contributed by atoms with van der Waals surface area (Å²) in [7, 11) is -3.77. The molecule has 3 aromatic rings. The molecule has 34 heavy (non-hydrogen) atoms. The van der Waals surface area contributed by atoms with Gasteiger partial charge in [-0.05, 0) is 42.4 Å². The Morgan fingerprint density at radius 2 is 1.76 bits per heavy atom. The number of benzene rings is 1. The molecule has 0 unspecified atom stereocenters. The van der Waals surface area contributed by atoms with Gasteiger partial charge in [-0.1, -0.05) is 19.6 Å². The fourth-order valence-electron chi connectivity index (χ4n) is 3.45. The second-order valence-corrected chi connectivity index (χ2v) is 15.8. The number of hydrogen-bond acceptors (Lipinski definition) is 6. The zero-order valence-electron chi connectivity index (χ0n) is 19.7. The van der Waals surface area contributed by atoms with Crippen LogP contribution in [0.1, 0.15) is 12.2 Å². The highest BCUT2D eigenvalue weighted by Crippen LogP contribution is 2.33. The number of nitrogens with zero attached hydrogens (tertiary/aromatic N) is 3. The summed E-state index contributed by atoms with van der Waals surface area (Å²) in [5, 5.41) is 9.34. The van der Waals surface area contributed by atoms with E-state index in [1.54, 1.807) is 24.5 Å². The molecule has 0 saturated carbocycles. The standard InChI is InChI=1S/C24H30FN3O4SSi/c1-34(2,3)15-14-32-17-28-22(16-21(10-13-29)33(30)31)27-23(18-8-11-26-12-9-18)24(28)19-4-6-20(25)7-5-19/h4-9,11-12,29H,10,13-17H2,1-3H3. The van der Waals surface area contributed by atoms with Crippen molar-refractivity contribution in [3.63, 3.8) is 0 Å². The molecular formula is C24H30FN3O4SSi. The van der Waals surface area contributed by atoms with Crippen molar-refractivity contribution in [2.75, 3.05) is 13.2 Å². The monoisotopic (exact) mass is 503 g/mol. The predicted octanol–water partition coefficient (Wildman–Crippen LogP) is 4.04. The Labute approximate surface area is 201 Å². The summed E-state index contributed by atoms with van der Waals surface area (Å²) in [6.45, 7) is 7.27. The highest BCUT2D eigenvalue weighted by atomic mass is 32.2. The third-order valence-corrected chi connectivity index (χ3v) is 7.84. The molecule has 10 heteroatoms. The Balaban J connectivity index is 2.14.